The quantitative estimate of drug-likeness (QED) is 0.717. The molecular formula is C13H14O3. The van der Waals surface area contributed by atoms with Crippen LogP contribution in [0, 0.1) is 6.92 Å². The van der Waals surface area contributed by atoms with E-state index in [2.05, 4.69) is 0 Å². The molecule has 1 aromatic carbocycles. The van der Waals surface area contributed by atoms with E-state index >= 15 is 0 Å². The molecule has 4 rings (SSSR count). The number of aryl methyl sites for hydroxylation is 1. The Balaban J connectivity index is 1.93. The van der Waals surface area contributed by atoms with E-state index in [0.29, 0.717) is 6.61 Å². The molecule has 3 atom stereocenters. The van der Waals surface area contributed by atoms with Gasteiger partial charge >= 0.3 is 0 Å². The topological polar surface area (TPSA) is 38.7 Å². The van der Waals surface area contributed by atoms with Gasteiger partial charge < -0.3 is 14.6 Å². The molecule has 1 aromatic rings. The second kappa shape index (κ2) is 2.44. The zero-order valence-corrected chi connectivity index (χ0v) is 9.19. The van der Waals surface area contributed by atoms with Crippen molar-refractivity contribution in [3.8, 4) is 5.75 Å². The molecular weight excluding hydrogens is 204 g/mol. The molecule has 0 radical (unpaired) electrons. The van der Waals surface area contributed by atoms with Gasteiger partial charge in [0.15, 0.2) is 0 Å². The third-order valence-electron chi connectivity index (χ3n) is 4.39. The van der Waals surface area contributed by atoms with Gasteiger partial charge in [-0.1, -0.05) is 12.1 Å². The standard InChI is InChI=1S/C13H14O3/c1-8-2-3-9-10(6-8)16-11-4-5-13(11)12(9,14)7-15-13/h2-3,6,11,14H,4-5,7H2,1H3/t11-,12-,13-/m0/s1. The molecule has 1 spiro atoms. The van der Waals surface area contributed by atoms with Gasteiger partial charge in [-0.3, -0.25) is 0 Å². The summed E-state index contributed by atoms with van der Waals surface area (Å²) < 4.78 is 11.6. The molecule has 1 aliphatic carbocycles. The van der Waals surface area contributed by atoms with Gasteiger partial charge in [-0.05, 0) is 31.4 Å². The number of benzene rings is 1. The number of hydrogen-bond donors (Lipinski definition) is 1. The fourth-order valence-electron chi connectivity index (χ4n) is 3.24. The highest BCUT2D eigenvalue weighted by Crippen LogP contribution is 2.61. The van der Waals surface area contributed by atoms with Crippen LogP contribution in [0.4, 0.5) is 0 Å². The molecule has 16 heavy (non-hydrogen) atoms. The van der Waals surface area contributed by atoms with Gasteiger partial charge in [-0.2, -0.15) is 0 Å². The van der Waals surface area contributed by atoms with Gasteiger partial charge in [-0.15, -0.1) is 0 Å². The summed E-state index contributed by atoms with van der Waals surface area (Å²) in [5.41, 5.74) is 0.821. The lowest BCUT2D eigenvalue weighted by Crippen LogP contribution is -2.79. The summed E-state index contributed by atoms with van der Waals surface area (Å²) in [4.78, 5) is 0. The molecule has 2 fully saturated rings. The highest BCUT2D eigenvalue weighted by atomic mass is 16.6. The van der Waals surface area contributed by atoms with E-state index in [4.69, 9.17) is 9.47 Å². The third kappa shape index (κ3) is 0.740. The van der Waals surface area contributed by atoms with Gasteiger partial charge in [0.05, 0.1) is 6.61 Å². The number of ether oxygens (including phenoxy) is 2. The zero-order valence-electron chi connectivity index (χ0n) is 9.19. The number of fused-ring (bicyclic) bond motifs is 2. The minimum absolute atomic E-state index is 0.0422. The van der Waals surface area contributed by atoms with Crippen molar-refractivity contribution in [1.82, 2.24) is 0 Å². The van der Waals surface area contributed by atoms with E-state index in [-0.39, 0.29) is 6.10 Å². The number of hydrogen-bond acceptors (Lipinski definition) is 3. The van der Waals surface area contributed by atoms with Crippen LogP contribution in [0.1, 0.15) is 24.0 Å². The molecule has 1 N–H and O–H groups in total. The maximum Gasteiger partial charge on any atom is 0.149 e. The summed E-state index contributed by atoms with van der Waals surface area (Å²) in [6.45, 7) is 2.44. The highest BCUT2D eigenvalue weighted by molar-refractivity contribution is 5.48. The van der Waals surface area contributed by atoms with Crippen LogP contribution in [0.5, 0.6) is 5.75 Å². The van der Waals surface area contributed by atoms with Gasteiger partial charge in [0, 0.05) is 5.56 Å². The summed E-state index contributed by atoms with van der Waals surface area (Å²) in [5.74, 6) is 0.839. The summed E-state index contributed by atoms with van der Waals surface area (Å²) in [6, 6.07) is 6.00. The smallest absolute Gasteiger partial charge is 0.149 e. The third-order valence-corrected chi connectivity index (χ3v) is 4.39. The van der Waals surface area contributed by atoms with Crippen molar-refractivity contribution in [2.75, 3.05) is 6.61 Å². The predicted octanol–water partition coefficient (Wildman–Crippen LogP) is 1.51. The minimum Gasteiger partial charge on any atom is -0.487 e. The molecule has 0 amide bonds. The fraction of sp³-hybridized carbons (Fsp3) is 0.538. The van der Waals surface area contributed by atoms with Gasteiger partial charge in [-0.25, -0.2) is 0 Å². The van der Waals surface area contributed by atoms with Crippen molar-refractivity contribution >= 4 is 0 Å². The van der Waals surface area contributed by atoms with E-state index in [0.717, 1.165) is 29.7 Å². The second-order valence-electron chi connectivity index (χ2n) is 5.18. The number of rotatable bonds is 0. The zero-order chi connectivity index (χ0) is 11.0. The van der Waals surface area contributed by atoms with Crippen LogP contribution >= 0.6 is 0 Å². The molecule has 1 saturated heterocycles. The maximum atomic E-state index is 10.7. The van der Waals surface area contributed by atoms with Gasteiger partial charge in [0.1, 0.15) is 23.1 Å². The first-order chi connectivity index (χ1) is 7.66. The largest absolute Gasteiger partial charge is 0.487 e. The Hall–Kier alpha value is -1.06. The Morgan fingerprint density at radius 2 is 2.31 bits per heavy atom. The van der Waals surface area contributed by atoms with E-state index in [1.807, 2.05) is 25.1 Å². The molecule has 2 aliphatic heterocycles. The van der Waals surface area contributed by atoms with Crippen LogP contribution in [-0.2, 0) is 10.3 Å². The Bertz CT molecular complexity index is 480. The molecule has 3 nitrogen and oxygen atoms in total. The van der Waals surface area contributed by atoms with Crippen molar-refractivity contribution in [2.24, 2.45) is 0 Å². The summed E-state index contributed by atoms with van der Waals surface area (Å²) in [6.07, 6.45) is 1.93. The summed E-state index contributed by atoms with van der Waals surface area (Å²) in [5, 5.41) is 10.7. The Morgan fingerprint density at radius 1 is 1.44 bits per heavy atom. The molecule has 3 heteroatoms. The van der Waals surface area contributed by atoms with Crippen molar-refractivity contribution in [1.29, 1.82) is 0 Å². The second-order valence-corrected chi connectivity index (χ2v) is 5.18. The highest BCUT2D eigenvalue weighted by Gasteiger charge is 2.73. The van der Waals surface area contributed by atoms with Crippen LogP contribution in [0.2, 0.25) is 0 Å². The SMILES string of the molecule is Cc1ccc2c(c1)O[C@H]1CC[C@]13OC[C@]23O. The molecule has 0 aromatic heterocycles. The van der Waals surface area contributed by atoms with E-state index < -0.39 is 11.2 Å². The number of aliphatic hydroxyl groups is 1. The van der Waals surface area contributed by atoms with E-state index in [1.165, 1.54) is 0 Å². The normalized spacial score (nSPS) is 43.0. The minimum atomic E-state index is -0.808. The van der Waals surface area contributed by atoms with Crippen molar-refractivity contribution in [2.45, 2.75) is 37.1 Å². The maximum absolute atomic E-state index is 10.7. The molecule has 84 valence electrons. The Morgan fingerprint density at radius 3 is 2.94 bits per heavy atom. The van der Waals surface area contributed by atoms with Crippen LogP contribution in [-0.4, -0.2) is 23.4 Å². The lowest BCUT2D eigenvalue weighted by atomic mass is 9.58. The average Bonchev–Trinajstić information content (AvgIpc) is 2.21. The predicted molar refractivity (Wildman–Crippen MR) is 57.4 cm³/mol. The van der Waals surface area contributed by atoms with Crippen LogP contribution < -0.4 is 4.74 Å². The van der Waals surface area contributed by atoms with Crippen LogP contribution in [0.25, 0.3) is 0 Å². The Kier molecular flexibility index (Phi) is 1.37. The van der Waals surface area contributed by atoms with Gasteiger partial charge in [0.2, 0.25) is 0 Å². The molecule has 3 aliphatic rings. The summed E-state index contributed by atoms with van der Waals surface area (Å²) in [7, 11) is 0. The first-order valence-electron chi connectivity index (χ1n) is 5.80. The first kappa shape index (κ1) is 9.02. The molecule has 2 heterocycles. The van der Waals surface area contributed by atoms with Crippen molar-refractivity contribution in [3.63, 3.8) is 0 Å². The average molecular weight is 218 g/mol. The molecule has 0 unspecified atom stereocenters. The van der Waals surface area contributed by atoms with Crippen LogP contribution in [0.3, 0.4) is 0 Å². The lowest BCUT2D eigenvalue weighted by molar-refractivity contribution is -0.380. The molecule has 0 bridgehead atoms. The Labute approximate surface area is 94.0 Å². The first-order valence-corrected chi connectivity index (χ1v) is 5.80. The monoisotopic (exact) mass is 218 g/mol. The summed E-state index contributed by atoms with van der Waals surface area (Å²) >= 11 is 0. The fourth-order valence-corrected chi connectivity index (χ4v) is 3.24. The van der Waals surface area contributed by atoms with E-state index in [1.54, 1.807) is 0 Å². The van der Waals surface area contributed by atoms with Crippen molar-refractivity contribution in [3.05, 3.63) is 29.3 Å². The lowest BCUT2D eigenvalue weighted by Gasteiger charge is -2.66. The van der Waals surface area contributed by atoms with E-state index in [9.17, 15) is 5.11 Å². The van der Waals surface area contributed by atoms with Gasteiger partial charge in [0.25, 0.3) is 0 Å². The van der Waals surface area contributed by atoms with Crippen molar-refractivity contribution < 1.29 is 14.6 Å². The van der Waals surface area contributed by atoms with Crippen LogP contribution in [0.15, 0.2) is 18.2 Å². The molecule has 1 saturated carbocycles.